The lowest BCUT2D eigenvalue weighted by Crippen LogP contribution is -2.09. The van der Waals surface area contributed by atoms with Crippen molar-refractivity contribution in [1.82, 2.24) is 30.1 Å². The highest BCUT2D eigenvalue weighted by Gasteiger charge is 2.12. The van der Waals surface area contributed by atoms with E-state index in [1.807, 2.05) is 30.3 Å². The van der Waals surface area contributed by atoms with Gasteiger partial charge in [-0.2, -0.15) is 5.10 Å². The summed E-state index contributed by atoms with van der Waals surface area (Å²) in [5.41, 5.74) is 2.84. The van der Waals surface area contributed by atoms with Crippen LogP contribution in [0.1, 0.15) is 0 Å². The Morgan fingerprint density at radius 3 is 2.72 bits per heavy atom. The zero-order valence-electron chi connectivity index (χ0n) is 15.3. The van der Waals surface area contributed by atoms with Crippen molar-refractivity contribution < 1.29 is 4.74 Å². The molecule has 0 radical (unpaired) electrons. The van der Waals surface area contributed by atoms with Crippen LogP contribution in [-0.2, 0) is 0 Å². The van der Waals surface area contributed by atoms with Crippen molar-refractivity contribution in [1.29, 1.82) is 0 Å². The molecule has 5 rings (SSSR count). The molecule has 0 aliphatic carbocycles. The largest absolute Gasteiger partial charge is 0.467 e. The molecular formula is C20H15N7O2. The maximum Gasteiger partial charge on any atom is 0.316 e. The molecule has 9 heteroatoms. The van der Waals surface area contributed by atoms with Gasteiger partial charge < -0.3 is 15.0 Å². The third-order valence-electron chi connectivity index (χ3n) is 4.56. The van der Waals surface area contributed by atoms with E-state index in [1.165, 1.54) is 7.11 Å². The van der Waals surface area contributed by atoms with Gasteiger partial charge in [-0.05, 0) is 35.7 Å². The molecule has 3 N–H and O–H groups in total. The van der Waals surface area contributed by atoms with Gasteiger partial charge in [0.1, 0.15) is 5.82 Å². The van der Waals surface area contributed by atoms with Gasteiger partial charge >= 0.3 is 6.01 Å². The molecule has 0 saturated carbocycles. The summed E-state index contributed by atoms with van der Waals surface area (Å²) in [6, 6.07) is 9.69. The zero-order valence-corrected chi connectivity index (χ0v) is 15.3. The summed E-state index contributed by atoms with van der Waals surface area (Å²) in [6.45, 7) is 0. The predicted octanol–water partition coefficient (Wildman–Crippen LogP) is 3.01. The predicted molar refractivity (Wildman–Crippen MR) is 109 cm³/mol. The van der Waals surface area contributed by atoms with E-state index >= 15 is 0 Å². The van der Waals surface area contributed by atoms with Gasteiger partial charge in [0, 0.05) is 35.2 Å². The van der Waals surface area contributed by atoms with Gasteiger partial charge in [0.05, 0.1) is 29.9 Å². The Morgan fingerprint density at radius 1 is 1.03 bits per heavy atom. The van der Waals surface area contributed by atoms with Crippen LogP contribution in [0.3, 0.4) is 0 Å². The second-order valence-corrected chi connectivity index (χ2v) is 6.38. The summed E-state index contributed by atoms with van der Waals surface area (Å²) in [4.78, 5) is 28.2. The molecule has 0 atom stereocenters. The Balaban J connectivity index is 1.66. The number of benzene rings is 1. The molecule has 0 bridgehead atoms. The lowest BCUT2D eigenvalue weighted by atomic mass is 10.1. The Kier molecular flexibility index (Phi) is 3.91. The topological polar surface area (TPSA) is 121 Å². The molecular weight excluding hydrogens is 370 g/mol. The third kappa shape index (κ3) is 3.04. The van der Waals surface area contributed by atoms with Gasteiger partial charge in [0.2, 0.25) is 0 Å². The number of aromatic amines is 2. The van der Waals surface area contributed by atoms with Gasteiger partial charge in [-0.3, -0.25) is 9.89 Å². The third-order valence-corrected chi connectivity index (χ3v) is 4.56. The van der Waals surface area contributed by atoms with Crippen molar-refractivity contribution in [3.63, 3.8) is 0 Å². The first-order valence-corrected chi connectivity index (χ1v) is 8.80. The number of nitrogens with zero attached hydrogens (tertiary/aromatic N) is 4. The standard InChI is InChI=1S/C20H15N7O2/c1-29-20-22-8-13(9-23-20)16-7-11-4-5-21-19(28)17(11)18(26-16)25-14-2-3-15-12(6-14)10-24-27-15/h2-10H,1H3,(H,21,28)(H,24,27)(H,25,26). The molecule has 29 heavy (non-hydrogen) atoms. The number of hydrogen-bond acceptors (Lipinski definition) is 7. The summed E-state index contributed by atoms with van der Waals surface area (Å²) < 4.78 is 5.01. The lowest BCUT2D eigenvalue weighted by molar-refractivity contribution is 0.380. The number of aromatic nitrogens is 6. The van der Waals surface area contributed by atoms with Gasteiger partial charge in [0.15, 0.2) is 0 Å². The van der Waals surface area contributed by atoms with Gasteiger partial charge in [-0.25, -0.2) is 15.0 Å². The fourth-order valence-electron chi connectivity index (χ4n) is 3.16. The van der Waals surface area contributed by atoms with Crippen LogP contribution in [0.15, 0.2) is 59.9 Å². The Morgan fingerprint density at radius 2 is 1.90 bits per heavy atom. The molecule has 142 valence electrons. The number of anilines is 2. The summed E-state index contributed by atoms with van der Waals surface area (Å²) in [5.74, 6) is 0.443. The number of ether oxygens (including phenoxy) is 1. The van der Waals surface area contributed by atoms with E-state index < -0.39 is 0 Å². The van der Waals surface area contributed by atoms with Crippen molar-refractivity contribution in [2.45, 2.75) is 0 Å². The number of H-pyrrole nitrogens is 2. The first kappa shape index (κ1) is 16.9. The average molecular weight is 385 g/mol. The van der Waals surface area contributed by atoms with E-state index in [1.54, 1.807) is 24.8 Å². The van der Waals surface area contributed by atoms with Gasteiger partial charge in [-0.15, -0.1) is 0 Å². The summed E-state index contributed by atoms with van der Waals surface area (Å²) >= 11 is 0. The monoisotopic (exact) mass is 385 g/mol. The molecule has 0 aliphatic rings. The highest BCUT2D eigenvalue weighted by atomic mass is 16.5. The zero-order chi connectivity index (χ0) is 19.8. The fourth-order valence-corrected chi connectivity index (χ4v) is 3.16. The summed E-state index contributed by atoms with van der Waals surface area (Å²) in [6.07, 6.45) is 6.62. The maximum atomic E-state index is 12.5. The minimum absolute atomic E-state index is 0.223. The van der Waals surface area contributed by atoms with Gasteiger partial charge in [-0.1, -0.05) is 0 Å². The quantitative estimate of drug-likeness (QED) is 0.435. The highest BCUT2D eigenvalue weighted by molar-refractivity contribution is 5.95. The number of nitrogens with one attached hydrogen (secondary N) is 3. The minimum atomic E-state index is -0.223. The number of fused-ring (bicyclic) bond motifs is 2. The molecule has 0 saturated heterocycles. The van der Waals surface area contributed by atoms with Crippen molar-refractivity contribution in [3.05, 3.63) is 65.5 Å². The van der Waals surface area contributed by atoms with E-state index in [0.29, 0.717) is 22.5 Å². The fraction of sp³-hybridized carbons (Fsp3) is 0.0500. The number of rotatable bonds is 4. The van der Waals surface area contributed by atoms with Crippen LogP contribution >= 0.6 is 0 Å². The van der Waals surface area contributed by atoms with Crippen LogP contribution in [0.2, 0.25) is 0 Å². The number of methoxy groups -OCH3 is 1. The maximum absolute atomic E-state index is 12.5. The molecule has 0 unspecified atom stereocenters. The smallest absolute Gasteiger partial charge is 0.316 e. The Labute approximate surface area is 163 Å². The van der Waals surface area contributed by atoms with E-state index in [9.17, 15) is 4.79 Å². The highest BCUT2D eigenvalue weighted by Crippen LogP contribution is 2.28. The van der Waals surface area contributed by atoms with E-state index in [2.05, 4.69) is 35.5 Å². The first-order chi connectivity index (χ1) is 14.2. The summed E-state index contributed by atoms with van der Waals surface area (Å²) in [7, 11) is 1.51. The molecule has 0 aliphatic heterocycles. The van der Waals surface area contributed by atoms with Gasteiger partial charge in [0.25, 0.3) is 5.56 Å². The number of pyridine rings is 2. The Bertz CT molecular complexity index is 1390. The van der Waals surface area contributed by atoms with Crippen molar-refractivity contribution in [2.24, 2.45) is 0 Å². The van der Waals surface area contributed by atoms with Crippen LogP contribution < -0.4 is 15.6 Å². The van der Waals surface area contributed by atoms with Crippen LogP contribution in [0, 0.1) is 0 Å². The van der Waals surface area contributed by atoms with Crippen molar-refractivity contribution >= 4 is 33.2 Å². The molecule has 0 fully saturated rings. The molecule has 4 heterocycles. The molecule has 9 nitrogen and oxygen atoms in total. The normalized spacial score (nSPS) is 11.1. The first-order valence-electron chi connectivity index (χ1n) is 8.80. The molecule has 0 spiro atoms. The molecule has 4 aromatic heterocycles. The molecule has 0 amide bonds. The average Bonchev–Trinajstić information content (AvgIpc) is 3.21. The van der Waals surface area contributed by atoms with Crippen molar-refractivity contribution in [3.8, 4) is 17.3 Å². The minimum Gasteiger partial charge on any atom is -0.467 e. The van der Waals surface area contributed by atoms with E-state index in [-0.39, 0.29) is 11.6 Å². The Hall–Kier alpha value is -4.27. The summed E-state index contributed by atoms with van der Waals surface area (Å²) in [5, 5.41) is 12.4. The van der Waals surface area contributed by atoms with Crippen molar-refractivity contribution in [2.75, 3.05) is 12.4 Å². The van der Waals surface area contributed by atoms with Crippen LogP contribution in [0.5, 0.6) is 6.01 Å². The van der Waals surface area contributed by atoms with Crippen LogP contribution in [-0.4, -0.2) is 37.2 Å². The number of hydrogen-bond donors (Lipinski definition) is 3. The molecule has 1 aromatic carbocycles. The van der Waals surface area contributed by atoms with E-state index in [0.717, 1.165) is 22.0 Å². The van der Waals surface area contributed by atoms with Crippen LogP contribution in [0.4, 0.5) is 11.5 Å². The SMILES string of the molecule is COc1ncc(-c2cc3cc[nH]c(=O)c3c(Nc3ccc4[nH]ncc4c3)n2)cn1. The van der Waals surface area contributed by atoms with E-state index in [4.69, 9.17) is 4.74 Å². The second kappa shape index (κ2) is 6.71. The molecule has 5 aromatic rings. The lowest BCUT2D eigenvalue weighted by Gasteiger charge is -2.11. The van der Waals surface area contributed by atoms with Crippen LogP contribution in [0.25, 0.3) is 32.9 Å². The second-order valence-electron chi connectivity index (χ2n) is 6.38.